The van der Waals surface area contributed by atoms with Crippen molar-refractivity contribution >= 4 is 0 Å². The number of nitrogens with zero attached hydrogens (tertiary/aromatic N) is 4. The fraction of sp³-hybridized carbons (Fsp3) is 0.889. The summed E-state index contributed by atoms with van der Waals surface area (Å²) in [5, 5.41) is 15.4. The van der Waals surface area contributed by atoms with E-state index in [1.54, 1.807) is 7.11 Å². The predicted molar refractivity (Wildman–Crippen MR) is 95.8 cm³/mol. The zero-order chi connectivity index (χ0) is 18.6. The second-order valence-corrected chi connectivity index (χ2v) is 8.11. The van der Waals surface area contributed by atoms with Crippen LogP contribution in [0.4, 0.5) is 0 Å². The molecular weight excluding hydrogens is 336 g/mol. The number of likely N-dealkylation sites (tertiary alicyclic amines) is 1. The number of hydrogen-bond donors (Lipinski definition) is 1. The third-order valence-corrected chi connectivity index (χ3v) is 5.71. The van der Waals surface area contributed by atoms with Gasteiger partial charge in [0.25, 0.3) is 0 Å². The lowest BCUT2D eigenvalue weighted by molar-refractivity contribution is -0.141. The van der Waals surface area contributed by atoms with Gasteiger partial charge >= 0.3 is 0 Å². The van der Waals surface area contributed by atoms with Crippen LogP contribution in [0.25, 0.3) is 0 Å². The molecule has 3 rings (SSSR count). The second-order valence-electron chi connectivity index (χ2n) is 8.11. The molecule has 1 atom stereocenters. The Morgan fingerprint density at radius 2 is 1.96 bits per heavy atom. The molecule has 8 nitrogen and oxygen atoms in total. The van der Waals surface area contributed by atoms with E-state index in [1.807, 2.05) is 0 Å². The van der Waals surface area contributed by atoms with Crippen molar-refractivity contribution in [3.63, 3.8) is 0 Å². The Morgan fingerprint density at radius 3 is 2.65 bits per heavy atom. The summed E-state index contributed by atoms with van der Waals surface area (Å²) in [7, 11) is 1.66. The number of piperidine rings is 1. The number of hydrogen-bond acceptors (Lipinski definition) is 8. The van der Waals surface area contributed by atoms with E-state index in [0.29, 0.717) is 37.8 Å². The van der Waals surface area contributed by atoms with Crippen LogP contribution in [-0.4, -0.2) is 90.3 Å². The third-order valence-electron chi connectivity index (χ3n) is 5.71. The zero-order valence-electron chi connectivity index (χ0n) is 16.2. The SMILES string of the molecule is COCCc1noc(CN2CC[C@@](O)(CN3CCOCC3)C(C)(C)C2)n1. The van der Waals surface area contributed by atoms with Gasteiger partial charge in [-0.2, -0.15) is 4.98 Å². The summed E-state index contributed by atoms with van der Waals surface area (Å²) >= 11 is 0. The Labute approximate surface area is 155 Å². The quantitative estimate of drug-likeness (QED) is 0.747. The van der Waals surface area contributed by atoms with Crippen LogP contribution in [-0.2, 0) is 22.4 Å². The van der Waals surface area contributed by atoms with Gasteiger partial charge in [0, 0.05) is 51.7 Å². The first-order valence-corrected chi connectivity index (χ1v) is 9.47. The Hall–Kier alpha value is -1.06. The van der Waals surface area contributed by atoms with E-state index >= 15 is 0 Å². The van der Waals surface area contributed by atoms with E-state index < -0.39 is 5.60 Å². The largest absolute Gasteiger partial charge is 0.388 e. The Bertz CT molecular complexity index is 573. The summed E-state index contributed by atoms with van der Waals surface area (Å²) in [4.78, 5) is 9.05. The van der Waals surface area contributed by atoms with Gasteiger partial charge in [-0.1, -0.05) is 19.0 Å². The molecule has 0 amide bonds. The highest BCUT2D eigenvalue weighted by molar-refractivity contribution is 5.02. The van der Waals surface area contributed by atoms with Gasteiger partial charge in [-0.15, -0.1) is 0 Å². The summed E-state index contributed by atoms with van der Waals surface area (Å²) in [6.07, 6.45) is 1.40. The van der Waals surface area contributed by atoms with Gasteiger partial charge in [0.2, 0.25) is 5.89 Å². The van der Waals surface area contributed by atoms with E-state index in [0.717, 1.165) is 45.8 Å². The van der Waals surface area contributed by atoms with Crippen molar-refractivity contribution in [3.8, 4) is 0 Å². The molecule has 26 heavy (non-hydrogen) atoms. The normalized spacial score (nSPS) is 27.7. The van der Waals surface area contributed by atoms with Crippen molar-refractivity contribution in [1.82, 2.24) is 19.9 Å². The maximum atomic E-state index is 11.4. The molecule has 148 valence electrons. The van der Waals surface area contributed by atoms with Crippen LogP contribution in [0, 0.1) is 5.41 Å². The van der Waals surface area contributed by atoms with Gasteiger partial charge in [0.15, 0.2) is 5.82 Å². The first kappa shape index (κ1) is 19.7. The van der Waals surface area contributed by atoms with Gasteiger partial charge in [0.1, 0.15) is 0 Å². The molecule has 0 aliphatic carbocycles. The van der Waals surface area contributed by atoms with Crippen molar-refractivity contribution in [3.05, 3.63) is 11.7 Å². The molecule has 2 fully saturated rings. The standard InChI is InChI=1S/C18H32N4O4/c1-17(2)13-22(12-16-19-15(20-26-16)4-9-24-3)6-5-18(17,23)14-21-7-10-25-11-8-21/h23H,4-14H2,1-3H3/t18-/m1/s1. The maximum Gasteiger partial charge on any atom is 0.240 e. The number of rotatable bonds is 7. The Kier molecular flexibility index (Phi) is 6.29. The molecule has 0 radical (unpaired) electrons. The minimum absolute atomic E-state index is 0.220. The van der Waals surface area contributed by atoms with Crippen LogP contribution in [0.3, 0.4) is 0 Å². The highest BCUT2D eigenvalue weighted by atomic mass is 16.5. The molecule has 2 aliphatic heterocycles. The van der Waals surface area contributed by atoms with Crippen LogP contribution in [0.5, 0.6) is 0 Å². The average Bonchev–Trinajstić information content (AvgIpc) is 3.05. The molecule has 1 aromatic rings. The maximum absolute atomic E-state index is 11.4. The lowest BCUT2D eigenvalue weighted by atomic mass is 9.69. The predicted octanol–water partition coefficient (Wildman–Crippen LogP) is 0.554. The number of methoxy groups -OCH3 is 1. The van der Waals surface area contributed by atoms with Crippen molar-refractivity contribution < 1.29 is 19.1 Å². The van der Waals surface area contributed by atoms with Crippen molar-refractivity contribution in [2.24, 2.45) is 5.41 Å². The lowest BCUT2D eigenvalue weighted by Gasteiger charge is -2.52. The van der Waals surface area contributed by atoms with Gasteiger partial charge in [-0.05, 0) is 6.42 Å². The van der Waals surface area contributed by atoms with Gasteiger partial charge in [-0.3, -0.25) is 9.80 Å². The monoisotopic (exact) mass is 368 g/mol. The molecule has 1 aromatic heterocycles. The number of aliphatic hydroxyl groups is 1. The fourth-order valence-electron chi connectivity index (χ4n) is 3.86. The molecule has 8 heteroatoms. The third kappa shape index (κ3) is 4.61. The molecule has 0 spiro atoms. The van der Waals surface area contributed by atoms with Crippen LogP contribution >= 0.6 is 0 Å². The number of ether oxygens (including phenoxy) is 2. The van der Waals surface area contributed by atoms with Crippen LogP contribution in [0.1, 0.15) is 32.0 Å². The van der Waals surface area contributed by atoms with Crippen LogP contribution < -0.4 is 0 Å². The minimum Gasteiger partial charge on any atom is -0.388 e. The molecule has 0 saturated carbocycles. The highest BCUT2D eigenvalue weighted by Gasteiger charge is 2.48. The van der Waals surface area contributed by atoms with E-state index in [2.05, 4.69) is 33.8 Å². The molecule has 1 N–H and O–H groups in total. The first-order chi connectivity index (χ1) is 12.4. The van der Waals surface area contributed by atoms with Gasteiger partial charge in [0.05, 0.1) is 32.0 Å². The molecule has 0 bridgehead atoms. The number of β-amino-alcohol motifs (C(OH)–C–C–N with tert-alkyl or cyclic N) is 1. The smallest absolute Gasteiger partial charge is 0.240 e. The van der Waals surface area contributed by atoms with Crippen LogP contribution in [0.2, 0.25) is 0 Å². The second kappa shape index (κ2) is 8.31. The van der Waals surface area contributed by atoms with Crippen molar-refractivity contribution in [2.45, 2.75) is 38.8 Å². The van der Waals surface area contributed by atoms with E-state index in [-0.39, 0.29) is 5.41 Å². The Morgan fingerprint density at radius 1 is 1.19 bits per heavy atom. The lowest BCUT2D eigenvalue weighted by Crippen LogP contribution is -2.62. The molecule has 3 heterocycles. The molecule has 0 aromatic carbocycles. The summed E-state index contributed by atoms with van der Waals surface area (Å²) in [6, 6.07) is 0. The highest BCUT2D eigenvalue weighted by Crippen LogP contribution is 2.39. The summed E-state index contributed by atoms with van der Waals surface area (Å²) < 4.78 is 15.8. The molecule has 2 aliphatic rings. The van der Waals surface area contributed by atoms with Gasteiger partial charge < -0.3 is 19.1 Å². The van der Waals surface area contributed by atoms with E-state index in [1.165, 1.54) is 0 Å². The van der Waals surface area contributed by atoms with Gasteiger partial charge in [-0.25, -0.2) is 0 Å². The summed E-state index contributed by atoms with van der Waals surface area (Å²) in [5.74, 6) is 1.31. The molecule has 2 saturated heterocycles. The minimum atomic E-state index is -0.695. The van der Waals surface area contributed by atoms with Crippen molar-refractivity contribution in [2.75, 3.05) is 59.7 Å². The van der Waals surface area contributed by atoms with Crippen molar-refractivity contribution in [1.29, 1.82) is 0 Å². The van der Waals surface area contributed by atoms with Crippen LogP contribution in [0.15, 0.2) is 4.52 Å². The number of aromatic nitrogens is 2. The topological polar surface area (TPSA) is 84.1 Å². The Balaban J connectivity index is 1.56. The molecule has 0 unspecified atom stereocenters. The molecular formula is C18H32N4O4. The zero-order valence-corrected chi connectivity index (χ0v) is 16.2. The summed E-state index contributed by atoms with van der Waals surface area (Å²) in [5.41, 5.74) is -0.915. The summed E-state index contributed by atoms with van der Waals surface area (Å²) in [6.45, 7) is 11.1. The van der Waals surface area contributed by atoms with E-state index in [4.69, 9.17) is 14.0 Å². The van der Waals surface area contributed by atoms with E-state index in [9.17, 15) is 5.11 Å². The number of morpholine rings is 1. The average molecular weight is 368 g/mol. The fourth-order valence-corrected chi connectivity index (χ4v) is 3.86. The first-order valence-electron chi connectivity index (χ1n) is 9.47.